The van der Waals surface area contributed by atoms with Gasteiger partial charge in [-0.25, -0.2) is 0 Å². The summed E-state index contributed by atoms with van der Waals surface area (Å²) in [7, 11) is 1.54. The predicted molar refractivity (Wildman–Crippen MR) is 44.4 cm³/mol. The highest BCUT2D eigenvalue weighted by Crippen LogP contribution is 1.96. The second-order valence-electron chi connectivity index (χ2n) is 2.51. The molecule has 0 N–H and O–H groups in total. The molecule has 0 aliphatic heterocycles. The number of hydrogen-bond donors (Lipinski definition) is 0. The average molecular weight is 198 g/mol. The van der Waals surface area contributed by atoms with Gasteiger partial charge >= 0.3 is 5.97 Å². The monoisotopic (exact) mass is 198 g/mol. The van der Waals surface area contributed by atoms with E-state index in [1.807, 2.05) is 0 Å². The summed E-state index contributed by atoms with van der Waals surface area (Å²) in [5.74, 6) is -1.14. The quantitative estimate of drug-likeness (QED) is 0.363. The molecule has 7 heteroatoms. The van der Waals surface area contributed by atoms with Crippen LogP contribution in [0.2, 0.25) is 0 Å². The number of carbonyl (C=O) groups excluding carboxylic acids is 2. The van der Waals surface area contributed by atoms with E-state index in [9.17, 15) is 9.59 Å². The molecule has 0 aromatic carbocycles. The van der Waals surface area contributed by atoms with Crippen LogP contribution in [-0.2, 0) is 16.6 Å². The van der Waals surface area contributed by atoms with Crippen LogP contribution in [0.5, 0.6) is 0 Å². The molecular weight excluding hydrogens is 188 g/mol. The van der Waals surface area contributed by atoms with Crippen LogP contribution in [0.25, 0.3) is 0 Å². The third kappa shape index (κ3) is 2.61. The van der Waals surface area contributed by atoms with Gasteiger partial charge in [0.2, 0.25) is 11.6 Å². The van der Waals surface area contributed by atoms with E-state index in [-0.39, 0.29) is 18.9 Å². The molecular formula is C7H10N4O3. The molecule has 14 heavy (non-hydrogen) atoms. The number of Topliss-reactive ketones (excluding diaryl/α,β-unsaturated/α-hetero) is 1. The van der Waals surface area contributed by atoms with Crippen molar-refractivity contribution in [2.75, 3.05) is 6.61 Å². The molecule has 0 saturated carbocycles. The normalized spacial score (nSPS) is 9.86. The first-order valence-electron chi connectivity index (χ1n) is 4.06. The molecule has 0 aliphatic rings. The third-order valence-electron chi connectivity index (χ3n) is 1.37. The number of nitrogens with zero attached hydrogens (tertiary/aromatic N) is 4. The Balaban J connectivity index is 2.55. The number of ketones is 1. The van der Waals surface area contributed by atoms with Crippen LogP contribution >= 0.6 is 0 Å². The molecule has 0 atom stereocenters. The van der Waals surface area contributed by atoms with E-state index in [1.54, 1.807) is 6.92 Å². The lowest BCUT2D eigenvalue weighted by Gasteiger charge is -1.97. The molecule has 1 aromatic rings. The molecule has 0 unspecified atom stereocenters. The summed E-state index contributed by atoms with van der Waals surface area (Å²) < 4.78 is 4.60. The van der Waals surface area contributed by atoms with Gasteiger partial charge in [0.1, 0.15) is 6.42 Å². The van der Waals surface area contributed by atoms with Crippen molar-refractivity contribution in [3.8, 4) is 0 Å². The van der Waals surface area contributed by atoms with Crippen molar-refractivity contribution in [2.24, 2.45) is 7.05 Å². The number of carbonyl (C=O) groups is 2. The summed E-state index contributed by atoms with van der Waals surface area (Å²) >= 11 is 0. The highest BCUT2D eigenvalue weighted by molar-refractivity contribution is 6.03. The van der Waals surface area contributed by atoms with Crippen molar-refractivity contribution in [3.63, 3.8) is 0 Å². The lowest BCUT2D eigenvalue weighted by molar-refractivity contribution is -0.141. The van der Waals surface area contributed by atoms with Gasteiger partial charge in [-0.05, 0) is 12.1 Å². The smallest absolute Gasteiger partial charge is 0.313 e. The number of esters is 1. The largest absolute Gasteiger partial charge is 0.466 e. The Morgan fingerprint density at radius 1 is 1.50 bits per heavy atom. The molecule has 0 spiro atoms. The molecule has 7 nitrogen and oxygen atoms in total. The fourth-order valence-electron chi connectivity index (χ4n) is 0.818. The molecule has 0 bridgehead atoms. The second-order valence-corrected chi connectivity index (χ2v) is 2.51. The molecule has 0 fully saturated rings. The molecule has 1 aromatic heterocycles. The molecule has 0 amide bonds. The number of aromatic nitrogens is 4. The Morgan fingerprint density at radius 3 is 2.71 bits per heavy atom. The maximum atomic E-state index is 11.3. The Kier molecular flexibility index (Phi) is 3.27. The molecule has 1 heterocycles. The van der Waals surface area contributed by atoms with Gasteiger partial charge < -0.3 is 4.74 Å². The van der Waals surface area contributed by atoms with Gasteiger partial charge in [0.05, 0.1) is 13.7 Å². The second kappa shape index (κ2) is 4.45. The van der Waals surface area contributed by atoms with Crippen LogP contribution in [0.1, 0.15) is 24.0 Å². The van der Waals surface area contributed by atoms with Gasteiger partial charge in [0, 0.05) is 0 Å². The standard InChI is InChI=1S/C7H10N4O3/c1-3-14-6(13)4-5(12)7-8-10-11(2)9-7/h3-4H2,1-2H3. The fraction of sp³-hybridized carbons (Fsp3) is 0.571. The summed E-state index contributed by atoms with van der Waals surface area (Å²) in [4.78, 5) is 23.3. The van der Waals surface area contributed by atoms with Gasteiger partial charge in [0.15, 0.2) is 0 Å². The number of tetrazole rings is 1. The first-order valence-corrected chi connectivity index (χ1v) is 4.06. The van der Waals surface area contributed by atoms with E-state index in [2.05, 4.69) is 20.1 Å². The lowest BCUT2D eigenvalue weighted by atomic mass is 10.3. The summed E-state index contributed by atoms with van der Waals surface area (Å²) in [5.41, 5.74) is 0. The fourth-order valence-corrected chi connectivity index (χ4v) is 0.818. The van der Waals surface area contributed by atoms with Crippen LogP contribution in [0.4, 0.5) is 0 Å². The predicted octanol–water partition coefficient (Wildman–Crippen LogP) is -0.654. The van der Waals surface area contributed by atoms with Gasteiger partial charge in [-0.3, -0.25) is 9.59 Å². The number of rotatable bonds is 4. The third-order valence-corrected chi connectivity index (χ3v) is 1.37. The van der Waals surface area contributed by atoms with Crippen molar-refractivity contribution in [3.05, 3.63) is 5.82 Å². The molecule has 0 saturated heterocycles. The van der Waals surface area contributed by atoms with E-state index in [1.165, 1.54) is 7.05 Å². The molecule has 0 radical (unpaired) electrons. The van der Waals surface area contributed by atoms with E-state index in [4.69, 9.17) is 0 Å². The van der Waals surface area contributed by atoms with Crippen molar-refractivity contribution in [1.29, 1.82) is 0 Å². The van der Waals surface area contributed by atoms with Gasteiger partial charge in [-0.2, -0.15) is 4.80 Å². The Hall–Kier alpha value is -1.79. The minimum atomic E-state index is -0.579. The zero-order valence-corrected chi connectivity index (χ0v) is 7.93. The zero-order chi connectivity index (χ0) is 10.6. The van der Waals surface area contributed by atoms with Crippen LogP contribution in [-0.4, -0.2) is 38.6 Å². The molecule has 76 valence electrons. The Morgan fingerprint density at radius 2 is 2.21 bits per heavy atom. The number of hydrogen-bond acceptors (Lipinski definition) is 6. The van der Waals surface area contributed by atoms with Crippen molar-refractivity contribution in [2.45, 2.75) is 13.3 Å². The Labute approximate surface area is 80.0 Å². The van der Waals surface area contributed by atoms with E-state index in [0.717, 1.165) is 4.80 Å². The maximum absolute atomic E-state index is 11.3. The zero-order valence-electron chi connectivity index (χ0n) is 7.93. The maximum Gasteiger partial charge on any atom is 0.313 e. The van der Waals surface area contributed by atoms with Crippen LogP contribution in [0, 0.1) is 0 Å². The summed E-state index contributed by atoms with van der Waals surface area (Å²) in [6.45, 7) is 1.92. The van der Waals surface area contributed by atoms with Crippen molar-refractivity contribution < 1.29 is 14.3 Å². The molecule has 0 aliphatic carbocycles. The molecule has 1 rings (SSSR count). The van der Waals surface area contributed by atoms with E-state index < -0.39 is 11.8 Å². The summed E-state index contributed by atoms with van der Waals surface area (Å²) in [6.07, 6.45) is -0.348. The summed E-state index contributed by atoms with van der Waals surface area (Å²) in [5, 5.41) is 10.6. The Bertz CT molecular complexity index is 346. The van der Waals surface area contributed by atoms with Crippen molar-refractivity contribution >= 4 is 11.8 Å². The minimum absolute atomic E-state index is 0.0689. The topological polar surface area (TPSA) is 87.0 Å². The van der Waals surface area contributed by atoms with Crippen LogP contribution in [0.15, 0.2) is 0 Å². The van der Waals surface area contributed by atoms with Gasteiger partial charge in [-0.1, -0.05) is 0 Å². The highest BCUT2D eigenvalue weighted by atomic mass is 16.5. The van der Waals surface area contributed by atoms with Crippen molar-refractivity contribution in [1.82, 2.24) is 20.2 Å². The highest BCUT2D eigenvalue weighted by Gasteiger charge is 2.16. The van der Waals surface area contributed by atoms with Crippen LogP contribution < -0.4 is 0 Å². The van der Waals surface area contributed by atoms with Gasteiger partial charge in [-0.15, -0.1) is 10.2 Å². The van der Waals surface area contributed by atoms with E-state index in [0.29, 0.717) is 0 Å². The van der Waals surface area contributed by atoms with Gasteiger partial charge in [0.25, 0.3) is 0 Å². The number of ether oxygens (including phenoxy) is 1. The SMILES string of the molecule is CCOC(=O)CC(=O)c1nnn(C)n1. The first-order chi connectivity index (χ1) is 6.63. The van der Waals surface area contributed by atoms with Crippen LogP contribution in [0.3, 0.4) is 0 Å². The first kappa shape index (κ1) is 10.3. The average Bonchev–Trinajstić information content (AvgIpc) is 2.52. The van der Waals surface area contributed by atoms with E-state index >= 15 is 0 Å². The minimum Gasteiger partial charge on any atom is -0.466 e. The number of aryl methyl sites for hydroxylation is 1. The lowest BCUT2D eigenvalue weighted by Crippen LogP contribution is -2.12. The summed E-state index contributed by atoms with van der Waals surface area (Å²) in [6, 6.07) is 0.